The molecule has 1 aromatic rings. The van der Waals surface area contributed by atoms with Crippen molar-refractivity contribution in [3.05, 3.63) is 18.2 Å². The summed E-state index contributed by atoms with van der Waals surface area (Å²) in [6.07, 6.45) is 0.335. The number of ether oxygens (including phenoxy) is 3. The van der Waals surface area contributed by atoms with Gasteiger partial charge in [0.15, 0.2) is 0 Å². The fraction of sp³-hybridized carbons (Fsp3) is 0.462. The zero-order valence-electron chi connectivity index (χ0n) is 11.2. The average molecular weight is 253 g/mol. The fourth-order valence-electron chi connectivity index (χ4n) is 1.58. The SMILES string of the molecule is COC(=O)CCN(C)c1ccc(OC)cc1OC. The lowest BCUT2D eigenvalue weighted by atomic mass is 10.2. The maximum atomic E-state index is 11.1. The van der Waals surface area contributed by atoms with E-state index in [4.69, 9.17) is 9.47 Å². The monoisotopic (exact) mass is 253 g/mol. The highest BCUT2D eigenvalue weighted by Crippen LogP contribution is 2.31. The Bertz CT molecular complexity index is 406. The van der Waals surface area contributed by atoms with Crippen molar-refractivity contribution in [3.8, 4) is 11.5 Å². The van der Waals surface area contributed by atoms with Gasteiger partial charge in [0.25, 0.3) is 0 Å². The summed E-state index contributed by atoms with van der Waals surface area (Å²) >= 11 is 0. The molecule has 0 unspecified atom stereocenters. The van der Waals surface area contributed by atoms with Crippen LogP contribution >= 0.6 is 0 Å². The molecule has 0 aliphatic carbocycles. The van der Waals surface area contributed by atoms with Gasteiger partial charge in [-0.3, -0.25) is 4.79 Å². The van der Waals surface area contributed by atoms with Crippen LogP contribution in [0.3, 0.4) is 0 Å². The van der Waals surface area contributed by atoms with Crippen LogP contribution in [-0.2, 0) is 9.53 Å². The minimum absolute atomic E-state index is 0.227. The molecule has 5 nitrogen and oxygen atoms in total. The van der Waals surface area contributed by atoms with Crippen LogP contribution in [0.15, 0.2) is 18.2 Å². The number of carbonyl (C=O) groups is 1. The molecule has 0 bridgehead atoms. The Hall–Kier alpha value is -1.91. The van der Waals surface area contributed by atoms with Gasteiger partial charge in [0.1, 0.15) is 11.5 Å². The number of nitrogens with zero attached hydrogens (tertiary/aromatic N) is 1. The topological polar surface area (TPSA) is 48.0 Å². The standard InChI is InChI=1S/C13H19NO4/c1-14(8-7-13(15)18-4)11-6-5-10(16-2)9-12(11)17-3/h5-6,9H,7-8H2,1-4H3. The number of benzene rings is 1. The Morgan fingerprint density at radius 2 is 1.94 bits per heavy atom. The number of methoxy groups -OCH3 is 3. The minimum atomic E-state index is -0.227. The summed E-state index contributed by atoms with van der Waals surface area (Å²) in [7, 11) is 6.49. The van der Waals surface area contributed by atoms with E-state index in [0.29, 0.717) is 18.7 Å². The first-order valence-electron chi connectivity index (χ1n) is 5.62. The van der Waals surface area contributed by atoms with Crippen molar-refractivity contribution < 1.29 is 19.0 Å². The van der Waals surface area contributed by atoms with Gasteiger partial charge in [-0.25, -0.2) is 0 Å². The molecule has 100 valence electrons. The van der Waals surface area contributed by atoms with E-state index in [1.54, 1.807) is 14.2 Å². The van der Waals surface area contributed by atoms with E-state index in [0.717, 1.165) is 11.4 Å². The lowest BCUT2D eigenvalue weighted by molar-refractivity contribution is -0.140. The third kappa shape index (κ3) is 3.55. The minimum Gasteiger partial charge on any atom is -0.497 e. The van der Waals surface area contributed by atoms with Gasteiger partial charge >= 0.3 is 5.97 Å². The highest BCUT2D eigenvalue weighted by Gasteiger charge is 2.11. The van der Waals surface area contributed by atoms with Crippen molar-refractivity contribution in [1.82, 2.24) is 0 Å². The first-order chi connectivity index (χ1) is 8.62. The Balaban J connectivity index is 2.78. The molecule has 0 aliphatic heterocycles. The van der Waals surface area contributed by atoms with Crippen LogP contribution in [0.2, 0.25) is 0 Å². The van der Waals surface area contributed by atoms with Crippen molar-refractivity contribution in [2.75, 3.05) is 39.8 Å². The maximum Gasteiger partial charge on any atom is 0.307 e. The first kappa shape index (κ1) is 14.2. The molecule has 1 rings (SSSR count). The van der Waals surface area contributed by atoms with E-state index < -0.39 is 0 Å². The third-order valence-electron chi connectivity index (χ3n) is 2.68. The van der Waals surface area contributed by atoms with Crippen LogP contribution in [0, 0.1) is 0 Å². The van der Waals surface area contributed by atoms with Crippen molar-refractivity contribution in [2.24, 2.45) is 0 Å². The zero-order chi connectivity index (χ0) is 13.5. The fourth-order valence-corrected chi connectivity index (χ4v) is 1.58. The van der Waals surface area contributed by atoms with Gasteiger partial charge in [0.05, 0.1) is 33.4 Å². The molecule has 5 heteroatoms. The van der Waals surface area contributed by atoms with Crippen LogP contribution in [0.1, 0.15) is 6.42 Å². The van der Waals surface area contributed by atoms with Gasteiger partial charge in [-0.2, -0.15) is 0 Å². The molecular formula is C13H19NO4. The second-order valence-corrected chi connectivity index (χ2v) is 3.79. The molecule has 0 saturated carbocycles. The van der Waals surface area contributed by atoms with E-state index in [1.807, 2.05) is 30.1 Å². The summed E-state index contributed by atoms with van der Waals surface area (Å²) < 4.78 is 15.1. The van der Waals surface area contributed by atoms with Crippen molar-refractivity contribution in [2.45, 2.75) is 6.42 Å². The van der Waals surface area contributed by atoms with Gasteiger partial charge < -0.3 is 19.1 Å². The van der Waals surface area contributed by atoms with Gasteiger partial charge in [-0.05, 0) is 12.1 Å². The van der Waals surface area contributed by atoms with Gasteiger partial charge in [0, 0.05) is 19.7 Å². The van der Waals surface area contributed by atoms with Crippen LogP contribution in [0.5, 0.6) is 11.5 Å². The molecule has 1 aromatic carbocycles. The zero-order valence-corrected chi connectivity index (χ0v) is 11.2. The summed E-state index contributed by atoms with van der Waals surface area (Å²) in [6.45, 7) is 0.565. The van der Waals surface area contributed by atoms with E-state index in [-0.39, 0.29) is 5.97 Å². The van der Waals surface area contributed by atoms with Crippen LogP contribution in [0.4, 0.5) is 5.69 Å². The number of esters is 1. The number of hydrogen-bond donors (Lipinski definition) is 0. The Labute approximate surface area is 107 Å². The second-order valence-electron chi connectivity index (χ2n) is 3.79. The van der Waals surface area contributed by atoms with Crippen LogP contribution in [-0.4, -0.2) is 40.9 Å². The third-order valence-corrected chi connectivity index (χ3v) is 2.68. The molecule has 0 saturated heterocycles. The molecule has 0 aromatic heterocycles. The predicted octanol–water partition coefficient (Wildman–Crippen LogP) is 1.70. The molecule has 0 spiro atoms. The maximum absolute atomic E-state index is 11.1. The van der Waals surface area contributed by atoms with Crippen molar-refractivity contribution in [3.63, 3.8) is 0 Å². The quantitative estimate of drug-likeness (QED) is 0.722. The van der Waals surface area contributed by atoms with E-state index in [2.05, 4.69) is 4.74 Å². The normalized spacial score (nSPS) is 9.78. The number of rotatable bonds is 6. The summed E-state index contributed by atoms with van der Waals surface area (Å²) in [5, 5.41) is 0. The molecule has 0 aliphatic rings. The summed E-state index contributed by atoms with van der Waals surface area (Å²) in [6, 6.07) is 5.56. The highest BCUT2D eigenvalue weighted by atomic mass is 16.5. The summed E-state index contributed by atoms with van der Waals surface area (Å²) in [4.78, 5) is 13.0. The molecular weight excluding hydrogens is 234 g/mol. The Morgan fingerprint density at radius 1 is 1.22 bits per heavy atom. The Kier molecular flexibility index (Phi) is 5.30. The molecule has 0 N–H and O–H groups in total. The molecule has 0 fully saturated rings. The van der Waals surface area contributed by atoms with E-state index in [9.17, 15) is 4.79 Å². The van der Waals surface area contributed by atoms with Crippen molar-refractivity contribution >= 4 is 11.7 Å². The van der Waals surface area contributed by atoms with E-state index in [1.165, 1.54) is 7.11 Å². The number of carbonyl (C=O) groups excluding carboxylic acids is 1. The smallest absolute Gasteiger partial charge is 0.307 e. The van der Waals surface area contributed by atoms with Gasteiger partial charge in [-0.15, -0.1) is 0 Å². The average Bonchev–Trinajstić information content (AvgIpc) is 2.43. The second kappa shape index (κ2) is 6.74. The summed E-state index contributed by atoms with van der Waals surface area (Å²) in [5.74, 6) is 1.22. The number of anilines is 1. The highest BCUT2D eigenvalue weighted by molar-refractivity contribution is 5.70. The predicted molar refractivity (Wildman–Crippen MR) is 69.4 cm³/mol. The molecule has 0 radical (unpaired) electrons. The van der Waals surface area contributed by atoms with Gasteiger partial charge in [-0.1, -0.05) is 0 Å². The molecule has 0 atom stereocenters. The Morgan fingerprint density at radius 3 is 2.50 bits per heavy atom. The van der Waals surface area contributed by atoms with Gasteiger partial charge in [0.2, 0.25) is 0 Å². The van der Waals surface area contributed by atoms with Crippen molar-refractivity contribution in [1.29, 1.82) is 0 Å². The summed E-state index contributed by atoms with van der Waals surface area (Å²) in [5.41, 5.74) is 0.905. The van der Waals surface area contributed by atoms with Crippen LogP contribution < -0.4 is 14.4 Å². The number of hydrogen-bond acceptors (Lipinski definition) is 5. The molecule has 18 heavy (non-hydrogen) atoms. The molecule has 0 amide bonds. The lowest BCUT2D eigenvalue weighted by Gasteiger charge is -2.21. The largest absolute Gasteiger partial charge is 0.497 e. The van der Waals surface area contributed by atoms with E-state index >= 15 is 0 Å². The first-order valence-corrected chi connectivity index (χ1v) is 5.62. The lowest BCUT2D eigenvalue weighted by Crippen LogP contribution is -2.22. The molecule has 0 heterocycles. The van der Waals surface area contributed by atoms with Crippen LogP contribution in [0.25, 0.3) is 0 Å².